The van der Waals surface area contributed by atoms with E-state index in [0.717, 1.165) is 0 Å². The summed E-state index contributed by atoms with van der Waals surface area (Å²) in [6, 6.07) is 4.90. The van der Waals surface area contributed by atoms with Crippen LogP contribution in [0.5, 0.6) is 0 Å². The van der Waals surface area contributed by atoms with Crippen LogP contribution in [0.25, 0.3) is 0 Å². The molecule has 1 aromatic carbocycles. The Bertz CT molecular complexity index is 647. The van der Waals surface area contributed by atoms with Crippen molar-refractivity contribution in [3.63, 3.8) is 0 Å². The van der Waals surface area contributed by atoms with Gasteiger partial charge >= 0.3 is 5.97 Å². The highest BCUT2D eigenvalue weighted by molar-refractivity contribution is 7.89. The fraction of sp³-hybridized carbons (Fsp3) is 0.385. The van der Waals surface area contributed by atoms with Crippen LogP contribution in [0, 0.1) is 18.3 Å². The monoisotopic (exact) mass is 296 g/mol. The molecule has 0 aliphatic rings. The zero-order valence-corrected chi connectivity index (χ0v) is 12.1. The van der Waals surface area contributed by atoms with Crippen LogP contribution in [0.1, 0.15) is 30.9 Å². The molecule has 0 aliphatic carbocycles. The summed E-state index contributed by atoms with van der Waals surface area (Å²) in [4.78, 5) is 11.0. The van der Waals surface area contributed by atoms with Crippen molar-refractivity contribution in [2.45, 2.75) is 37.6 Å². The van der Waals surface area contributed by atoms with Crippen molar-refractivity contribution in [1.82, 2.24) is 4.72 Å². The Kier molecular flexibility index (Phi) is 5.25. The molecular weight excluding hydrogens is 280 g/mol. The topological polar surface area (TPSA) is 107 Å². The minimum atomic E-state index is -3.92. The van der Waals surface area contributed by atoms with E-state index in [9.17, 15) is 13.2 Å². The van der Waals surface area contributed by atoms with Gasteiger partial charge in [0, 0.05) is 0 Å². The molecule has 0 saturated heterocycles. The van der Waals surface area contributed by atoms with Gasteiger partial charge in [-0.25, -0.2) is 8.42 Å². The number of rotatable bonds is 6. The number of benzene rings is 1. The lowest BCUT2D eigenvalue weighted by atomic mass is 10.2. The van der Waals surface area contributed by atoms with E-state index in [1.54, 1.807) is 13.8 Å². The van der Waals surface area contributed by atoms with Gasteiger partial charge in [0.25, 0.3) is 0 Å². The van der Waals surface area contributed by atoms with E-state index < -0.39 is 22.0 Å². The van der Waals surface area contributed by atoms with E-state index in [-0.39, 0.29) is 11.3 Å². The third-order valence-corrected chi connectivity index (χ3v) is 4.40. The third-order valence-electron chi connectivity index (χ3n) is 2.77. The fourth-order valence-corrected chi connectivity index (χ4v) is 3.24. The van der Waals surface area contributed by atoms with Gasteiger partial charge in [0.05, 0.1) is 16.5 Å². The van der Waals surface area contributed by atoms with Crippen LogP contribution >= 0.6 is 0 Å². The minimum absolute atomic E-state index is 0.0150. The van der Waals surface area contributed by atoms with Crippen LogP contribution in [0.2, 0.25) is 0 Å². The second-order valence-corrected chi connectivity index (χ2v) is 6.08. The number of carboxylic acid groups (broad SMARTS) is 1. The summed E-state index contributed by atoms with van der Waals surface area (Å²) < 4.78 is 26.5. The molecule has 7 heteroatoms. The first-order valence-corrected chi connectivity index (χ1v) is 7.56. The van der Waals surface area contributed by atoms with E-state index in [4.69, 9.17) is 10.4 Å². The van der Waals surface area contributed by atoms with E-state index in [2.05, 4.69) is 4.72 Å². The van der Waals surface area contributed by atoms with Gasteiger partial charge in [-0.05, 0) is 37.1 Å². The Hall–Kier alpha value is -1.91. The Balaban J connectivity index is 3.11. The van der Waals surface area contributed by atoms with Gasteiger partial charge in [-0.15, -0.1) is 0 Å². The van der Waals surface area contributed by atoms with E-state index in [1.807, 2.05) is 6.07 Å². The predicted octanol–water partition coefficient (Wildman–Crippen LogP) is 1.40. The normalized spacial score (nSPS) is 12.7. The highest BCUT2D eigenvalue weighted by Crippen LogP contribution is 2.17. The van der Waals surface area contributed by atoms with Crippen molar-refractivity contribution >= 4 is 16.0 Å². The van der Waals surface area contributed by atoms with E-state index in [1.165, 1.54) is 18.2 Å². The lowest BCUT2D eigenvalue weighted by Crippen LogP contribution is -2.40. The molecule has 1 unspecified atom stereocenters. The number of aliphatic carboxylic acids is 1. The van der Waals surface area contributed by atoms with Gasteiger partial charge in [0.2, 0.25) is 10.0 Å². The molecule has 0 spiro atoms. The fourth-order valence-electron chi connectivity index (χ4n) is 1.79. The molecule has 0 aliphatic heterocycles. The van der Waals surface area contributed by atoms with Crippen molar-refractivity contribution in [1.29, 1.82) is 5.26 Å². The Morgan fingerprint density at radius 3 is 2.60 bits per heavy atom. The molecule has 0 saturated carbocycles. The second-order valence-electron chi connectivity index (χ2n) is 4.39. The summed E-state index contributed by atoms with van der Waals surface area (Å²) in [6.45, 7) is 3.34. The lowest BCUT2D eigenvalue weighted by Gasteiger charge is -2.15. The van der Waals surface area contributed by atoms with Crippen molar-refractivity contribution < 1.29 is 18.3 Å². The molecule has 0 radical (unpaired) electrons. The second kappa shape index (κ2) is 6.50. The summed E-state index contributed by atoms with van der Waals surface area (Å²) in [5.74, 6) is -1.21. The van der Waals surface area contributed by atoms with Crippen molar-refractivity contribution in [2.75, 3.05) is 0 Å². The number of nitrogens with one attached hydrogen (secondary N) is 1. The summed E-state index contributed by atoms with van der Waals surface area (Å²) in [5.41, 5.74) is 0.752. The molecule has 1 aromatic rings. The molecule has 1 atom stereocenters. The summed E-state index contributed by atoms with van der Waals surface area (Å²) in [5, 5.41) is 17.7. The average Bonchev–Trinajstić information content (AvgIpc) is 2.37. The van der Waals surface area contributed by atoms with Crippen molar-refractivity contribution in [3.05, 3.63) is 29.3 Å². The van der Waals surface area contributed by atoms with Gasteiger partial charge in [-0.2, -0.15) is 9.98 Å². The van der Waals surface area contributed by atoms with Gasteiger partial charge in [0.1, 0.15) is 6.04 Å². The van der Waals surface area contributed by atoms with Crippen LogP contribution in [0.3, 0.4) is 0 Å². The number of carboxylic acids is 1. The predicted molar refractivity (Wildman–Crippen MR) is 72.5 cm³/mol. The summed E-state index contributed by atoms with van der Waals surface area (Å²) in [6.07, 6.45) is 0.760. The van der Waals surface area contributed by atoms with Crippen molar-refractivity contribution in [2.24, 2.45) is 0 Å². The van der Waals surface area contributed by atoms with Gasteiger partial charge in [0.15, 0.2) is 0 Å². The Morgan fingerprint density at radius 2 is 2.15 bits per heavy atom. The number of hydrogen-bond acceptors (Lipinski definition) is 4. The number of nitrogens with zero attached hydrogens (tertiary/aromatic N) is 1. The lowest BCUT2D eigenvalue weighted by molar-refractivity contribution is -0.139. The third kappa shape index (κ3) is 3.79. The zero-order valence-electron chi connectivity index (χ0n) is 11.3. The van der Waals surface area contributed by atoms with Crippen LogP contribution in [0.15, 0.2) is 23.1 Å². The minimum Gasteiger partial charge on any atom is -0.480 e. The number of aryl methyl sites for hydroxylation is 1. The maximum absolute atomic E-state index is 12.2. The number of nitriles is 1. The quantitative estimate of drug-likeness (QED) is 0.825. The smallest absolute Gasteiger partial charge is 0.321 e. The summed E-state index contributed by atoms with van der Waals surface area (Å²) >= 11 is 0. The number of sulfonamides is 1. The van der Waals surface area contributed by atoms with Crippen LogP contribution in [-0.2, 0) is 14.8 Å². The van der Waals surface area contributed by atoms with Gasteiger partial charge in [-0.1, -0.05) is 13.3 Å². The maximum atomic E-state index is 12.2. The molecule has 0 aromatic heterocycles. The van der Waals surface area contributed by atoms with Crippen LogP contribution in [0.4, 0.5) is 0 Å². The zero-order chi connectivity index (χ0) is 15.3. The highest BCUT2D eigenvalue weighted by atomic mass is 32.2. The average molecular weight is 296 g/mol. The molecule has 0 bridgehead atoms. The Labute approximate surface area is 118 Å². The molecule has 1 rings (SSSR count). The molecule has 0 heterocycles. The van der Waals surface area contributed by atoms with E-state index >= 15 is 0 Å². The van der Waals surface area contributed by atoms with Gasteiger partial charge in [-0.3, -0.25) is 4.79 Å². The SMILES string of the molecule is CCCC(NS(=O)(=O)c1ccc(C#N)cc1C)C(=O)O. The number of carbonyl (C=O) groups is 1. The first-order valence-electron chi connectivity index (χ1n) is 6.07. The molecular formula is C13H16N2O4S. The standard InChI is InChI=1S/C13H16N2O4S/c1-3-4-11(13(16)17)15-20(18,19)12-6-5-10(8-14)7-9(12)2/h5-7,11,15H,3-4H2,1-2H3,(H,16,17). The van der Waals surface area contributed by atoms with Crippen molar-refractivity contribution in [3.8, 4) is 6.07 Å². The largest absolute Gasteiger partial charge is 0.480 e. The van der Waals surface area contributed by atoms with Crippen LogP contribution in [-0.4, -0.2) is 25.5 Å². The molecule has 0 fully saturated rings. The molecule has 2 N–H and O–H groups in total. The molecule has 108 valence electrons. The Morgan fingerprint density at radius 1 is 1.50 bits per heavy atom. The number of hydrogen-bond donors (Lipinski definition) is 2. The first kappa shape index (κ1) is 16.1. The van der Waals surface area contributed by atoms with Gasteiger partial charge < -0.3 is 5.11 Å². The molecule has 6 nitrogen and oxygen atoms in total. The molecule has 20 heavy (non-hydrogen) atoms. The maximum Gasteiger partial charge on any atom is 0.321 e. The highest BCUT2D eigenvalue weighted by Gasteiger charge is 2.25. The summed E-state index contributed by atoms with van der Waals surface area (Å²) in [7, 11) is -3.92. The van der Waals surface area contributed by atoms with Crippen LogP contribution < -0.4 is 4.72 Å². The molecule has 0 amide bonds. The van der Waals surface area contributed by atoms with E-state index in [0.29, 0.717) is 17.5 Å². The first-order chi connectivity index (χ1) is 9.31.